The van der Waals surface area contributed by atoms with Gasteiger partial charge in [0.25, 0.3) is 0 Å². The lowest BCUT2D eigenvalue weighted by molar-refractivity contribution is 0.0767. The molecule has 0 spiro atoms. The molecule has 14 heavy (non-hydrogen) atoms. The third kappa shape index (κ3) is 2.94. The predicted molar refractivity (Wildman–Crippen MR) is 55.2 cm³/mol. The molecular weight excluding hydrogens is 178 g/mol. The van der Waals surface area contributed by atoms with Gasteiger partial charge in [0.05, 0.1) is 6.10 Å². The summed E-state index contributed by atoms with van der Waals surface area (Å²) < 4.78 is 5.31. The van der Waals surface area contributed by atoms with Gasteiger partial charge in [-0.15, -0.1) is 0 Å². The van der Waals surface area contributed by atoms with E-state index in [4.69, 9.17) is 4.74 Å². The van der Waals surface area contributed by atoms with Gasteiger partial charge in [-0.25, -0.2) is 0 Å². The normalized spacial score (nSPS) is 34.9. The van der Waals surface area contributed by atoms with E-state index < -0.39 is 0 Å². The Labute approximate surface area is 85.8 Å². The molecular formula is C11H21NO2. The molecule has 2 atom stereocenters. The second kappa shape index (κ2) is 5.10. The van der Waals surface area contributed by atoms with Gasteiger partial charge >= 0.3 is 0 Å². The zero-order valence-corrected chi connectivity index (χ0v) is 8.74. The molecule has 2 aliphatic rings. The van der Waals surface area contributed by atoms with Crippen molar-refractivity contribution in [3.8, 4) is 0 Å². The van der Waals surface area contributed by atoms with Gasteiger partial charge in [-0.1, -0.05) is 0 Å². The van der Waals surface area contributed by atoms with Gasteiger partial charge in [0.2, 0.25) is 0 Å². The maximum absolute atomic E-state index is 9.39. The first-order valence-electron chi connectivity index (χ1n) is 5.84. The van der Waals surface area contributed by atoms with E-state index in [0.717, 1.165) is 45.4 Å². The molecule has 0 bridgehead atoms. The zero-order valence-electron chi connectivity index (χ0n) is 8.74. The molecule has 2 fully saturated rings. The van der Waals surface area contributed by atoms with Gasteiger partial charge in [0, 0.05) is 19.3 Å². The van der Waals surface area contributed by atoms with Crippen LogP contribution in [-0.2, 0) is 4.74 Å². The third-order valence-electron chi connectivity index (χ3n) is 3.43. The Morgan fingerprint density at radius 2 is 1.93 bits per heavy atom. The largest absolute Gasteiger partial charge is 0.393 e. The van der Waals surface area contributed by atoms with Gasteiger partial charge in [-0.2, -0.15) is 0 Å². The van der Waals surface area contributed by atoms with Crippen molar-refractivity contribution in [1.29, 1.82) is 0 Å². The molecule has 2 rings (SSSR count). The molecule has 1 heterocycles. The molecule has 3 heteroatoms. The first-order valence-corrected chi connectivity index (χ1v) is 5.84. The molecule has 82 valence electrons. The molecule has 3 nitrogen and oxygen atoms in total. The standard InChI is InChI=1S/C11H21NO2/c13-11-2-1-9(7-11)8-12-10-3-5-14-6-4-10/h9-13H,1-8H2. The molecule has 0 aromatic heterocycles. The Hall–Kier alpha value is -0.120. The van der Waals surface area contributed by atoms with Gasteiger partial charge < -0.3 is 15.2 Å². The topological polar surface area (TPSA) is 41.5 Å². The summed E-state index contributed by atoms with van der Waals surface area (Å²) in [5, 5.41) is 13.0. The smallest absolute Gasteiger partial charge is 0.0543 e. The van der Waals surface area contributed by atoms with Gasteiger partial charge in [0.15, 0.2) is 0 Å². The van der Waals surface area contributed by atoms with E-state index in [1.54, 1.807) is 0 Å². The molecule has 2 N–H and O–H groups in total. The molecule has 2 unspecified atom stereocenters. The van der Waals surface area contributed by atoms with E-state index in [9.17, 15) is 5.11 Å². The summed E-state index contributed by atoms with van der Waals surface area (Å²) in [6.45, 7) is 2.90. The lowest BCUT2D eigenvalue weighted by atomic mass is 10.1. The van der Waals surface area contributed by atoms with Crippen molar-refractivity contribution in [3.05, 3.63) is 0 Å². The minimum atomic E-state index is -0.0310. The first-order chi connectivity index (χ1) is 6.84. The molecule has 1 saturated heterocycles. The highest BCUT2D eigenvalue weighted by atomic mass is 16.5. The number of hydrogen-bond donors (Lipinski definition) is 2. The SMILES string of the molecule is OC1CCC(CNC2CCOCC2)C1. The van der Waals surface area contributed by atoms with Gasteiger partial charge in [-0.05, 0) is 44.6 Å². The van der Waals surface area contributed by atoms with Crippen LogP contribution >= 0.6 is 0 Å². The minimum absolute atomic E-state index is 0.0310. The second-order valence-electron chi connectivity index (χ2n) is 4.63. The summed E-state index contributed by atoms with van der Waals surface area (Å²) in [6, 6.07) is 0.654. The van der Waals surface area contributed by atoms with Crippen LogP contribution in [0.2, 0.25) is 0 Å². The first kappa shape index (κ1) is 10.4. The number of rotatable bonds is 3. The van der Waals surface area contributed by atoms with Crippen molar-refractivity contribution >= 4 is 0 Å². The summed E-state index contributed by atoms with van der Waals surface area (Å²) >= 11 is 0. The van der Waals surface area contributed by atoms with Crippen LogP contribution in [0.4, 0.5) is 0 Å². The Balaban J connectivity index is 1.61. The highest BCUT2D eigenvalue weighted by Gasteiger charge is 2.23. The van der Waals surface area contributed by atoms with Crippen molar-refractivity contribution in [2.75, 3.05) is 19.8 Å². The number of aliphatic hydroxyl groups is 1. The Morgan fingerprint density at radius 3 is 2.57 bits per heavy atom. The lowest BCUT2D eigenvalue weighted by Gasteiger charge is -2.24. The number of aliphatic hydroxyl groups excluding tert-OH is 1. The summed E-state index contributed by atoms with van der Waals surface area (Å²) in [7, 11) is 0. The molecule has 0 aromatic rings. The maximum Gasteiger partial charge on any atom is 0.0543 e. The molecule has 1 aliphatic heterocycles. The van der Waals surface area contributed by atoms with E-state index in [1.807, 2.05) is 0 Å². The second-order valence-corrected chi connectivity index (χ2v) is 4.63. The fourth-order valence-corrected chi connectivity index (χ4v) is 2.47. The quantitative estimate of drug-likeness (QED) is 0.710. The number of hydrogen-bond acceptors (Lipinski definition) is 3. The Kier molecular flexibility index (Phi) is 3.79. The van der Waals surface area contributed by atoms with Crippen LogP contribution in [0.25, 0.3) is 0 Å². The van der Waals surface area contributed by atoms with E-state index in [1.165, 1.54) is 6.42 Å². The molecule has 1 aliphatic carbocycles. The highest BCUT2D eigenvalue weighted by Crippen LogP contribution is 2.24. The monoisotopic (exact) mass is 199 g/mol. The Bertz CT molecular complexity index is 164. The highest BCUT2D eigenvalue weighted by molar-refractivity contribution is 4.78. The van der Waals surface area contributed by atoms with E-state index in [-0.39, 0.29) is 6.10 Å². The molecule has 0 aromatic carbocycles. The van der Waals surface area contributed by atoms with Crippen LogP contribution in [0, 0.1) is 5.92 Å². The summed E-state index contributed by atoms with van der Waals surface area (Å²) in [5.74, 6) is 0.702. The van der Waals surface area contributed by atoms with Crippen molar-refractivity contribution < 1.29 is 9.84 Å². The predicted octanol–water partition coefficient (Wildman–Crippen LogP) is 0.916. The lowest BCUT2D eigenvalue weighted by Crippen LogP contribution is -2.37. The van der Waals surface area contributed by atoms with Crippen molar-refractivity contribution in [3.63, 3.8) is 0 Å². The minimum Gasteiger partial charge on any atom is -0.393 e. The fraction of sp³-hybridized carbons (Fsp3) is 1.00. The maximum atomic E-state index is 9.39. The van der Waals surface area contributed by atoms with Crippen LogP contribution in [0.5, 0.6) is 0 Å². The summed E-state index contributed by atoms with van der Waals surface area (Å²) in [6.07, 6.45) is 5.45. The zero-order chi connectivity index (χ0) is 9.80. The molecule has 0 amide bonds. The van der Waals surface area contributed by atoms with Crippen molar-refractivity contribution in [2.24, 2.45) is 5.92 Å². The van der Waals surface area contributed by atoms with Crippen LogP contribution in [0.3, 0.4) is 0 Å². The number of ether oxygens (including phenoxy) is 1. The van der Waals surface area contributed by atoms with E-state index in [0.29, 0.717) is 12.0 Å². The van der Waals surface area contributed by atoms with Crippen molar-refractivity contribution in [2.45, 2.75) is 44.2 Å². The summed E-state index contributed by atoms with van der Waals surface area (Å²) in [5.41, 5.74) is 0. The van der Waals surface area contributed by atoms with E-state index >= 15 is 0 Å². The van der Waals surface area contributed by atoms with Crippen LogP contribution in [0.1, 0.15) is 32.1 Å². The van der Waals surface area contributed by atoms with Crippen LogP contribution < -0.4 is 5.32 Å². The van der Waals surface area contributed by atoms with Gasteiger partial charge in [0.1, 0.15) is 0 Å². The molecule has 1 saturated carbocycles. The average Bonchev–Trinajstić information content (AvgIpc) is 2.63. The van der Waals surface area contributed by atoms with Crippen LogP contribution in [-0.4, -0.2) is 37.0 Å². The van der Waals surface area contributed by atoms with Crippen LogP contribution in [0.15, 0.2) is 0 Å². The van der Waals surface area contributed by atoms with Crippen molar-refractivity contribution in [1.82, 2.24) is 5.32 Å². The molecule has 0 radical (unpaired) electrons. The summed E-state index contributed by atoms with van der Waals surface area (Å²) in [4.78, 5) is 0. The average molecular weight is 199 g/mol. The number of nitrogens with one attached hydrogen (secondary N) is 1. The Morgan fingerprint density at radius 1 is 1.14 bits per heavy atom. The third-order valence-corrected chi connectivity index (χ3v) is 3.43. The fourth-order valence-electron chi connectivity index (χ4n) is 2.47. The van der Waals surface area contributed by atoms with Gasteiger partial charge in [-0.3, -0.25) is 0 Å². The van der Waals surface area contributed by atoms with E-state index in [2.05, 4.69) is 5.32 Å².